The summed E-state index contributed by atoms with van der Waals surface area (Å²) in [5.41, 5.74) is 1.04. The maximum absolute atomic E-state index is 8.84. The topological polar surface area (TPSA) is 67.5 Å². The van der Waals surface area contributed by atoms with Crippen molar-refractivity contribution in [3.05, 3.63) is 11.3 Å². The number of hydrogen-bond donors (Lipinski definition) is 2. The molecular formula is C11H18N2O3. The molecule has 0 saturated heterocycles. The highest BCUT2D eigenvalue weighted by Crippen LogP contribution is 2.36. The molecule has 5 nitrogen and oxygen atoms in total. The summed E-state index contributed by atoms with van der Waals surface area (Å²) in [4.78, 5) is 0. The number of nitrogens with one attached hydrogen (secondary N) is 1. The Morgan fingerprint density at radius 1 is 1.62 bits per heavy atom. The van der Waals surface area contributed by atoms with Gasteiger partial charge < -0.3 is 19.7 Å². The Morgan fingerprint density at radius 2 is 2.50 bits per heavy atom. The maximum atomic E-state index is 8.84. The predicted molar refractivity (Wildman–Crippen MR) is 58.4 cm³/mol. The molecule has 16 heavy (non-hydrogen) atoms. The molecule has 0 aliphatic heterocycles. The third-order valence-corrected chi connectivity index (χ3v) is 2.80. The van der Waals surface area contributed by atoms with Gasteiger partial charge in [-0.1, -0.05) is 0 Å². The summed E-state index contributed by atoms with van der Waals surface area (Å²) in [5, 5.41) is 16.1. The van der Waals surface area contributed by atoms with Crippen molar-refractivity contribution in [2.75, 3.05) is 19.8 Å². The summed E-state index contributed by atoms with van der Waals surface area (Å²) in [6, 6.07) is 0.198. The van der Waals surface area contributed by atoms with Crippen LogP contribution >= 0.6 is 0 Å². The first-order chi connectivity index (χ1) is 7.86. The van der Waals surface area contributed by atoms with Crippen LogP contribution in [0.3, 0.4) is 0 Å². The molecule has 5 heteroatoms. The van der Waals surface area contributed by atoms with E-state index in [4.69, 9.17) is 14.4 Å². The first-order valence-electron chi connectivity index (χ1n) is 5.82. The highest BCUT2D eigenvalue weighted by atomic mass is 16.5. The van der Waals surface area contributed by atoms with Crippen LogP contribution in [0.4, 0.5) is 0 Å². The summed E-state index contributed by atoms with van der Waals surface area (Å²) >= 11 is 0. The van der Waals surface area contributed by atoms with Gasteiger partial charge in [0.2, 0.25) is 0 Å². The van der Waals surface area contributed by atoms with Crippen molar-refractivity contribution in [1.82, 2.24) is 10.5 Å². The Kier molecular flexibility index (Phi) is 3.79. The molecule has 90 valence electrons. The third-order valence-electron chi connectivity index (χ3n) is 2.80. The molecule has 0 saturated carbocycles. The van der Waals surface area contributed by atoms with Gasteiger partial charge in [0.15, 0.2) is 0 Å². The minimum absolute atomic E-state index is 0.140. The van der Waals surface area contributed by atoms with E-state index in [0.29, 0.717) is 19.0 Å². The molecule has 1 atom stereocenters. The quantitative estimate of drug-likeness (QED) is 0.785. The summed E-state index contributed by atoms with van der Waals surface area (Å²) in [6.07, 6.45) is 3.04. The first kappa shape index (κ1) is 11.4. The van der Waals surface area contributed by atoms with Gasteiger partial charge in [0.25, 0.3) is 5.88 Å². The molecule has 0 bridgehead atoms. The molecule has 0 radical (unpaired) electrons. The molecule has 2 rings (SSSR count). The lowest BCUT2D eigenvalue weighted by Crippen LogP contribution is -2.27. The Balaban J connectivity index is 2.17. The second-order valence-electron chi connectivity index (χ2n) is 3.88. The highest BCUT2D eigenvalue weighted by molar-refractivity contribution is 5.33. The van der Waals surface area contributed by atoms with Crippen molar-refractivity contribution in [1.29, 1.82) is 0 Å². The van der Waals surface area contributed by atoms with Gasteiger partial charge in [0, 0.05) is 19.0 Å². The lowest BCUT2D eigenvalue weighted by atomic mass is 9.93. The summed E-state index contributed by atoms with van der Waals surface area (Å²) in [7, 11) is 0. The van der Waals surface area contributed by atoms with Gasteiger partial charge in [-0.05, 0) is 24.9 Å². The molecule has 0 aromatic carbocycles. The van der Waals surface area contributed by atoms with E-state index in [1.54, 1.807) is 0 Å². The highest BCUT2D eigenvalue weighted by Gasteiger charge is 2.28. The molecule has 1 aromatic rings. The van der Waals surface area contributed by atoms with Crippen LogP contribution in [0.25, 0.3) is 0 Å². The lowest BCUT2D eigenvalue weighted by Gasteiger charge is -2.22. The van der Waals surface area contributed by atoms with Crippen LogP contribution in [0.1, 0.15) is 37.1 Å². The average molecular weight is 226 g/mol. The van der Waals surface area contributed by atoms with Crippen molar-refractivity contribution in [3.63, 3.8) is 0 Å². The SMILES string of the molecule is CCOc1noc2c1C(NCCO)CCC2. The zero-order valence-electron chi connectivity index (χ0n) is 9.53. The number of aliphatic hydroxyl groups is 1. The fraction of sp³-hybridized carbons (Fsp3) is 0.727. The summed E-state index contributed by atoms with van der Waals surface area (Å²) in [6.45, 7) is 3.24. The number of fused-ring (bicyclic) bond motifs is 1. The molecule has 2 N–H and O–H groups in total. The van der Waals surface area contributed by atoms with E-state index in [-0.39, 0.29) is 12.6 Å². The first-order valence-corrected chi connectivity index (χ1v) is 5.82. The van der Waals surface area contributed by atoms with Crippen LogP contribution in [0.15, 0.2) is 4.52 Å². The number of aliphatic hydroxyl groups excluding tert-OH is 1. The van der Waals surface area contributed by atoms with Crippen LogP contribution in [0.2, 0.25) is 0 Å². The molecule has 1 aromatic heterocycles. The van der Waals surface area contributed by atoms with Gasteiger partial charge in [0.1, 0.15) is 5.76 Å². The Morgan fingerprint density at radius 3 is 3.25 bits per heavy atom. The van der Waals surface area contributed by atoms with Crippen molar-refractivity contribution in [2.24, 2.45) is 0 Å². The maximum Gasteiger partial charge on any atom is 0.259 e. The van der Waals surface area contributed by atoms with Gasteiger partial charge in [-0.15, -0.1) is 0 Å². The molecular weight excluding hydrogens is 208 g/mol. The van der Waals surface area contributed by atoms with Crippen molar-refractivity contribution < 1.29 is 14.4 Å². The van der Waals surface area contributed by atoms with E-state index in [1.807, 2.05) is 6.92 Å². The van der Waals surface area contributed by atoms with Crippen LogP contribution in [0, 0.1) is 0 Å². The van der Waals surface area contributed by atoms with E-state index in [9.17, 15) is 0 Å². The Bertz CT molecular complexity index is 338. The predicted octanol–water partition coefficient (Wildman–Crippen LogP) is 1.03. The number of hydrogen-bond acceptors (Lipinski definition) is 5. The van der Waals surface area contributed by atoms with Gasteiger partial charge >= 0.3 is 0 Å². The summed E-state index contributed by atoms with van der Waals surface area (Å²) in [5.74, 6) is 1.53. The van der Waals surface area contributed by atoms with Gasteiger partial charge in [0.05, 0.1) is 18.8 Å². The average Bonchev–Trinajstić information content (AvgIpc) is 2.71. The fourth-order valence-corrected chi connectivity index (χ4v) is 2.13. The second-order valence-corrected chi connectivity index (χ2v) is 3.88. The standard InChI is InChI=1S/C11H18N2O3/c1-2-15-11-10-8(12-6-7-14)4-3-5-9(10)16-13-11/h8,12,14H,2-7H2,1H3. The molecule has 1 aliphatic rings. The lowest BCUT2D eigenvalue weighted by molar-refractivity contribution is 0.276. The smallest absolute Gasteiger partial charge is 0.259 e. The van der Waals surface area contributed by atoms with Crippen LogP contribution in [-0.2, 0) is 6.42 Å². The van der Waals surface area contributed by atoms with Gasteiger partial charge in [-0.2, -0.15) is 0 Å². The number of aryl methyl sites for hydroxylation is 1. The summed E-state index contributed by atoms with van der Waals surface area (Å²) < 4.78 is 10.7. The van der Waals surface area contributed by atoms with Crippen molar-refractivity contribution in [2.45, 2.75) is 32.2 Å². The molecule has 0 amide bonds. The second kappa shape index (κ2) is 5.32. The van der Waals surface area contributed by atoms with Gasteiger partial charge in [-0.25, -0.2) is 0 Å². The molecule has 1 unspecified atom stereocenters. The van der Waals surface area contributed by atoms with E-state index in [1.165, 1.54) is 0 Å². The van der Waals surface area contributed by atoms with Crippen molar-refractivity contribution >= 4 is 0 Å². The van der Waals surface area contributed by atoms with Crippen LogP contribution in [0.5, 0.6) is 5.88 Å². The zero-order valence-corrected chi connectivity index (χ0v) is 9.53. The van der Waals surface area contributed by atoms with Crippen LogP contribution < -0.4 is 10.1 Å². The molecule has 0 fully saturated rings. The minimum Gasteiger partial charge on any atom is -0.476 e. The number of aromatic nitrogens is 1. The zero-order chi connectivity index (χ0) is 11.4. The van der Waals surface area contributed by atoms with Crippen molar-refractivity contribution in [3.8, 4) is 5.88 Å². The minimum atomic E-state index is 0.140. The van der Waals surface area contributed by atoms with Gasteiger partial charge in [-0.3, -0.25) is 0 Å². The molecule has 1 aliphatic carbocycles. The number of nitrogens with zero attached hydrogens (tertiary/aromatic N) is 1. The fourth-order valence-electron chi connectivity index (χ4n) is 2.13. The van der Waals surface area contributed by atoms with E-state index in [2.05, 4.69) is 10.5 Å². The molecule has 1 heterocycles. The number of ether oxygens (including phenoxy) is 1. The number of rotatable bonds is 5. The largest absolute Gasteiger partial charge is 0.476 e. The third kappa shape index (κ3) is 2.20. The van der Waals surface area contributed by atoms with E-state index < -0.39 is 0 Å². The molecule has 0 spiro atoms. The Labute approximate surface area is 94.8 Å². The van der Waals surface area contributed by atoms with E-state index >= 15 is 0 Å². The Hall–Kier alpha value is -1.07. The monoisotopic (exact) mass is 226 g/mol. The normalized spacial score (nSPS) is 19.5. The van der Waals surface area contributed by atoms with Crippen LogP contribution in [-0.4, -0.2) is 30.0 Å². The van der Waals surface area contributed by atoms with E-state index in [0.717, 1.165) is 30.6 Å².